The van der Waals surface area contributed by atoms with Crippen LogP contribution in [0.2, 0.25) is 0 Å². The number of fused-ring (bicyclic) bond motifs is 2. The zero-order valence-corrected chi connectivity index (χ0v) is 23.1. The van der Waals surface area contributed by atoms with Gasteiger partial charge in [-0.15, -0.1) is 0 Å². The first-order chi connectivity index (χ1) is 19.3. The maximum Gasteiger partial charge on any atom is 0.317 e. The highest BCUT2D eigenvalue weighted by molar-refractivity contribution is 6.08. The summed E-state index contributed by atoms with van der Waals surface area (Å²) in [4.78, 5) is 43.6. The number of aryl methyl sites for hydroxylation is 2. The number of methoxy groups -OCH3 is 1. The molecule has 3 aromatic rings. The first kappa shape index (κ1) is 27.2. The minimum Gasteiger partial charge on any atom is -0.469 e. The fourth-order valence-corrected chi connectivity index (χ4v) is 5.13. The number of amides is 3. The Labute approximate surface area is 233 Å². The Hall–Kier alpha value is -4.38. The number of carbonyl (C=O) groups is 3. The molecule has 11 heteroatoms. The van der Waals surface area contributed by atoms with Crippen molar-refractivity contribution in [2.24, 2.45) is 7.05 Å². The number of rotatable bonds is 6. The van der Waals surface area contributed by atoms with Gasteiger partial charge in [0.15, 0.2) is 0 Å². The maximum absolute atomic E-state index is 13.8. The molecule has 2 aliphatic heterocycles. The van der Waals surface area contributed by atoms with Gasteiger partial charge in [-0.05, 0) is 42.3 Å². The van der Waals surface area contributed by atoms with Crippen LogP contribution in [-0.4, -0.2) is 77.3 Å². The van der Waals surface area contributed by atoms with Crippen LogP contribution < -0.4 is 15.5 Å². The second-order valence-corrected chi connectivity index (χ2v) is 10.1. The Morgan fingerprint density at radius 1 is 1.07 bits per heavy atom. The largest absolute Gasteiger partial charge is 0.469 e. The van der Waals surface area contributed by atoms with Crippen LogP contribution in [0.25, 0.3) is 0 Å². The van der Waals surface area contributed by atoms with Gasteiger partial charge in [0.25, 0.3) is 5.91 Å². The average Bonchev–Trinajstić information content (AvgIpc) is 3.22. The summed E-state index contributed by atoms with van der Waals surface area (Å²) in [5.74, 6) is 0.543. The molecule has 2 aromatic carbocycles. The van der Waals surface area contributed by atoms with E-state index in [-0.39, 0.29) is 17.9 Å². The van der Waals surface area contributed by atoms with E-state index in [4.69, 9.17) is 4.74 Å². The van der Waals surface area contributed by atoms with Crippen molar-refractivity contribution in [3.8, 4) is 0 Å². The summed E-state index contributed by atoms with van der Waals surface area (Å²) >= 11 is 0. The van der Waals surface area contributed by atoms with E-state index in [1.54, 1.807) is 20.7 Å². The molecule has 0 unspecified atom stereocenters. The van der Waals surface area contributed by atoms with Gasteiger partial charge in [-0.1, -0.05) is 18.2 Å². The zero-order chi connectivity index (χ0) is 28.2. The first-order valence-corrected chi connectivity index (χ1v) is 13.4. The molecule has 0 bridgehead atoms. The van der Waals surface area contributed by atoms with E-state index in [1.165, 1.54) is 7.11 Å². The van der Waals surface area contributed by atoms with Crippen molar-refractivity contribution in [3.63, 3.8) is 0 Å². The lowest BCUT2D eigenvalue weighted by Gasteiger charge is -2.34. The summed E-state index contributed by atoms with van der Waals surface area (Å²) in [6.07, 6.45) is 2.14. The van der Waals surface area contributed by atoms with Crippen molar-refractivity contribution in [2.75, 3.05) is 50.1 Å². The van der Waals surface area contributed by atoms with Gasteiger partial charge in [-0.3, -0.25) is 19.2 Å². The highest BCUT2D eigenvalue weighted by Gasteiger charge is 2.27. The van der Waals surface area contributed by atoms with Gasteiger partial charge >= 0.3 is 12.0 Å². The van der Waals surface area contributed by atoms with Crippen LogP contribution >= 0.6 is 0 Å². The van der Waals surface area contributed by atoms with Gasteiger partial charge in [-0.25, -0.2) is 4.79 Å². The third-order valence-corrected chi connectivity index (χ3v) is 7.58. The lowest BCUT2D eigenvalue weighted by Crippen LogP contribution is -2.51. The number of anilines is 3. The van der Waals surface area contributed by atoms with Crippen molar-refractivity contribution < 1.29 is 19.1 Å². The highest BCUT2D eigenvalue weighted by Crippen LogP contribution is 2.36. The van der Waals surface area contributed by atoms with Gasteiger partial charge in [0.1, 0.15) is 5.82 Å². The Morgan fingerprint density at radius 2 is 1.85 bits per heavy atom. The molecule has 0 atom stereocenters. The summed E-state index contributed by atoms with van der Waals surface area (Å²) in [6, 6.07) is 13.3. The predicted octanol–water partition coefficient (Wildman–Crippen LogP) is 3.02. The molecular formula is C29H35N7O4. The van der Waals surface area contributed by atoms with Crippen LogP contribution in [0.15, 0.2) is 48.7 Å². The second-order valence-electron chi connectivity index (χ2n) is 10.1. The average molecular weight is 546 g/mol. The number of para-hydroxylation sites is 2. The first-order valence-electron chi connectivity index (χ1n) is 13.4. The van der Waals surface area contributed by atoms with Crippen molar-refractivity contribution in [3.05, 3.63) is 70.9 Å². The molecular weight excluding hydrogens is 510 g/mol. The number of urea groups is 1. The quantitative estimate of drug-likeness (QED) is 0.458. The van der Waals surface area contributed by atoms with Crippen LogP contribution in [-0.2, 0) is 29.7 Å². The van der Waals surface area contributed by atoms with Gasteiger partial charge in [0.2, 0.25) is 0 Å². The summed E-state index contributed by atoms with van der Waals surface area (Å²) in [5.41, 5.74) is 5.06. The molecule has 210 valence electrons. The normalized spacial score (nSPS) is 15.0. The molecule has 1 aromatic heterocycles. The molecule has 0 radical (unpaired) electrons. The minimum absolute atomic E-state index is 0.102. The fraction of sp³-hybridized carbons (Fsp3) is 0.379. The third kappa shape index (κ3) is 5.79. The molecule has 1 fully saturated rings. The zero-order valence-electron chi connectivity index (χ0n) is 23.1. The number of ether oxygens (including phenoxy) is 1. The van der Waals surface area contributed by atoms with Crippen molar-refractivity contribution in [2.45, 2.75) is 26.4 Å². The summed E-state index contributed by atoms with van der Waals surface area (Å²) in [5, 5.41) is 10.8. The number of piperazine rings is 1. The number of esters is 1. The van der Waals surface area contributed by atoms with Crippen LogP contribution in [0.3, 0.4) is 0 Å². The molecule has 1 saturated heterocycles. The number of carbonyl (C=O) groups excluding carboxylic acids is 3. The molecule has 0 aliphatic carbocycles. The van der Waals surface area contributed by atoms with E-state index >= 15 is 0 Å². The Kier molecular flexibility index (Phi) is 8.01. The molecule has 40 heavy (non-hydrogen) atoms. The van der Waals surface area contributed by atoms with Crippen LogP contribution in [0.5, 0.6) is 0 Å². The third-order valence-electron chi connectivity index (χ3n) is 7.58. The predicted molar refractivity (Wildman–Crippen MR) is 152 cm³/mol. The monoisotopic (exact) mass is 545 g/mol. The van der Waals surface area contributed by atoms with E-state index in [1.807, 2.05) is 56.4 Å². The summed E-state index contributed by atoms with van der Waals surface area (Å²) in [6.45, 7) is 6.00. The van der Waals surface area contributed by atoms with E-state index in [2.05, 4.69) is 20.6 Å². The number of benzene rings is 2. The second kappa shape index (κ2) is 11.8. The highest BCUT2D eigenvalue weighted by atomic mass is 16.5. The molecule has 3 heterocycles. The molecule has 3 amide bonds. The summed E-state index contributed by atoms with van der Waals surface area (Å²) in [7, 11) is 3.27. The van der Waals surface area contributed by atoms with E-state index in [0.29, 0.717) is 44.7 Å². The van der Waals surface area contributed by atoms with E-state index < -0.39 is 0 Å². The molecule has 5 rings (SSSR count). The number of hydrogen-bond acceptors (Lipinski definition) is 7. The smallest absolute Gasteiger partial charge is 0.317 e. The lowest BCUT2D eigenvalue weighted by atomic mass is 10.0. The molecule has 0 spiro atoms. The number of nitrogens with one attached hydrogen (secondary N) is 2. The molecule has 0 saturated carbocycles. The Bertz CT molecular complexity index is 1410. The maximum atomic E-state index is 13.8. The number of hydrogen-bond donors (Lipinski definition) is 2. The van der Waals surface area contributed by atoms with Crippen LogP contribution in [0.1, 0.15) is 33.5 Å². The number of nitrogens with zero attached hydrogens (tertiary/aromatic N) is 5. The van der Waals surface area contributed by atoms with E-state index in [0.717, 1.165) is 47.0 Å². The Morgan fingerprint density at radius 3 is 2.60 bits per heavy atom. The van der Waals surface area contributed by atoms with Gasteiger partial charge < -0.3 is 25.2 Å². The summed E-state index contributed by atoms with van der Waals surface area (Å²) < 4.78 is 6.48. The van der Waals surface area contributed by atoms with Gasteiger partial charge in [0, 0.05) is 57.4 Å². The van der Waals surface area contributed by atoms with Crippen LogP contribution in [0, 0.1) is 6.92 Å². The Balaban J connectivity index is 1.21. The van der Waals surface area contributed by atoms with Crippen LogP contribution in [0.4, 0.5) is 22.0 Å². The van der Waals surface area contributed by atoms with Gasteiger partial charge in [0.05, 0.1) is 37.6 Å². The van der Waals surface area contributed by atoms with E-state index in [9.17, 15) is 14.4 Å². The lowest BCUT2D eigenvalue weighted by molar-refractivity contribution is -0.141. The minimum atomic E-state index is -0.223. The number of aromatic nitrogens is 2. The van der Waals surface area contributed by atoms with Crippen molar-refractivity contribution >= 4 is 35.1 Å². The SMILES string of the molecule is COC(=O)CCN1CCN(C(=O)NCc2ccc(C(=O)N3Cc4cnn(C)c4Nc4ccccc43)cc2C)CC1. The molecule has 11 nitrogen and oxygen atoms in total. The fourth-order valence-electron chi connectivity index (χ4n) is 5.13. The van der Waals surface area contributed by atoms with Gasteiger partial charge in [-0.2, -0.15) is 5.10 Å². The molecule has 2 N–H and O–H groups in total. The standard InChI is InChI=1S/C29H35N7O4/c1-20-16-21(28(38)36-19-23-18-31-33(2)27(23)32-24-6-4-5-7-25(24)36)8-9-22(20)17-30-29(39)35-14-12-34(13-15-35)11-10-26(37)40-3/h4-9,16,18,32H,10-15,17,19H2,1-3H3,(H,30,39). The molecule has 2 aliphatic rings. The van der Waals surface area contributed by atoms with Crippen molar-refractivity contribution in [1.82, 2.24) is 24.9 Å². The topological polar surface area (TPSA) is 112 Å². The van der Waals surface area contributed by atoms with Crippen molar-refractivity contribution in [1.29, 1.82) is 0 Å².